The smallest absolute Gasteiger partial charge is 0.348 e. The zero-order valence-corrected chi connectivity index (χ0v) is 10.1. The number of hydrogen-bond donors (Lipinski definition) is 1. The first-order chi connectivity index (χ1) is 7.86. The van der Waals surface area contributed by atoms with Crippen LogP contribution in [0.1, 0.15) is 20.8 Å². The Morgan fingerprint density at radius 3 is 2.47 bits per heavy atom. The van der Waals surface area contributed by atoms with Gasteiger partial charge in [-0.25, -0.2) is 4.79 Å². The standard InChI is InChI=1S/C12H15NO4/c1-4-17-11(16)7(6-13)5-8-9(10(14)15)12(8,2)3/h5,8-9H,4H2,1-3H3,(H,14,15)/b7-5+/t8-,9+/m0/s1. The van der Waals surface area contributed by atoms with E-state index < -0.39 is 23.3 Å². The van der Waals surface area contributed by atoms with Crippen LogP contribution in [0.15, 0.2) is 11.6 Å². The number of esters is 1. The Kier molecular flexibility index (Phi) is 3.56. The molecule has 1 aliphatic rings. The molecule has 1 rings (SSSR count). The van der Waals surface area contributed by atoms with Crippen molar-refractivity contribution in [3.63, 3.8) is 0 Å². The van der Waals surface area contributed by atoms with Gasteiger partial charge in [0.25, 0.3) is 0 Å². The highest BCUT2D eigenvalue weighted by molar-refractivity contribution is 5.93. The summed E-state index contributed by atoms with van der Waals surface area (Å²) in [6.07, 6.45) is 1.41. The molecule has 0 bridgehead atoms. The van der Waals surface area contributed by atoms with Gasteiger partial charge in [0.05, 0.1) is 12.5 Å². The van der Waals surface area contributed by atoms with Gasteiger partial charge in [-0.1, -0.05) is 19.9 Å². The first kappa shape index (κ1) is 13.2. The van der Waals surface area contributed by atoms with E-state index in [1.807, 2.05) is 0 Å². The van der Waals surface area contributed by atoms with E-state index in [1.54, 1.807) is 26.8 Å². The van der Waals surface area contributed by atoms with Crippen molar-refractivity contribution in [2.75, 3.05) is 6.61 Å². The van der Waals surface area contributed by atoms with E-state index in [4.69, 9.17) is 15.1 Å². The van der Waals surface area contributed by atoms with Crippen molar-refractivity contribution in [2.45, 2.75) is 20.8 Å². The molecule has 0 aliphatic heterocycles. The summed E-state index contributed by atoms with van der Waals surface area (Å²) in [5.41, 5.74) is -0.533. The largest absolute Gasteiger partial charge is 0.481 e. The molecular weight excluding hydrogens is 222 g/mol. The van der Waals surface area contributed by atoms with Crippen LogP contribution >= 0.6 is 0 Å². The molecule has 92 valence electrons. The quantitative estimate of drug-likeness (QED) is 0.453. The Morgan fingerprint density at radius 2 is 2.12 bits per heavy atom. The predicted molar refractivity (Wildman–Crippen MR) is 58.7 cm³/mol. The second kappa shape index (κ2) is 4.58. The molecule has 0 spiro atoms. The minimum Gasteiger partial charge on any atom is -0.481 e. The average molecular weight is 237 g/mol. The summed E-state index contributed by atoms with van der Waals surface area (Å²) in [5.74, 6) is -2.43. The van der Waals surface area contributed by atoms with Crippen LogP contribution in [0.3, 0.4) is 0 Å². The normalized spacial score (nSPS) is 25.9. The second-order valence-electron chi connectivity index (χ2n) is 4.58. The van der Waals surface area contributed by atoms with E-state index in [1.165, 1.54) is 6.08 Å². The summed E-state index contributed by atoms with van der Waals surface area (Å²) >= 11 is 0. The maximum Gasteiger partial charge on any atom is 0.348 e. The van der Waals surface area contributed by atoms with Crippen molar-refractivity contribution < 1.29 is 19.4 Å². The minimum absolute atomic E-state index is 0.117. The van der Waals surface area contributed by atoms with Crippen LogP contribution in [-0.2, 0) is 14.3 Å². The maximum absolute atomic E-state index is 11.4. The number of hydrogen-bond acceptors (Lipinski definition) is 4. The first-order valence-electron chi connectivity index (χ1n) is 5.38. The number of aliphatic carboxylic acids is 1. The van der Waals surface area contributed by atoms with Gasteiger partial charge >= 0.3 is 11.9 Å². The number of carbonyl (C=O) groups excluding carboxylic acids is 1. The molecule has 2 atom stereocenters. The zero-order valence-electron chi connectivity index (χ0n) is 10.1. The lowest BCUT2D eigenvalue weighted by molar-refractivity contribution is -0.140. The van der Waals surface area contributed by atoms with E-state index >= 15 is 0 Å². The topological polar surface area (TPSA) is 87.4 Å². The summed E-state index contributed by atoms with van der Waals surface area (Å²) in [7, 11) is 0. The SMILES string of the molecule is CCOC(=O)/C(C#N)=C/[C@H]1[C@H](C(=O)O)C1(C)C. The van der Waals surface area contributed by atoms with Crippen LogP contribution in [0.5, 0.6) is 0 Å². The highest BCUT2D eigenvalue weighted by atomic mass is 16.5. The summed E-state index contributed by atoms with van der Waals surface area (Å²) in [6, 6.07) is 1.75. The van der Waals surface area contributed by atoms with Gasteiger partial charge in [-0.15, -0.1) is 0 Å². The third kappa shape index (κ3) is 2.47. The Bertz CT molecular complexity index is 417. The molecule has 1 N–H and O–H groups in total. The van der Waals surface area contributed by atoms with Gasteiger partial charge in [-0.3, -0.25) is 4.79 Å². The number of carboxylic acids is 1. The van der Waals surface area contributed by atoms with Crippen molar-refractivity contribution >= 4 is 11.9 Å². The molecule has 0 radical (unpaired) electrons. The van der Waals surface area contributed by atoms with E-state index in [-0.39, 0.29) is 18.1 Å². The third-order valence-corrected chi connectivity index (χ3v) is 3.14. The first-order valence-corrected chi connectivity index (χ1v) is 5.38. The Morgan fingerprint density at radius 1 is 1.53 bits per heavy atom. The average Bonchev–Trinajstić information content (AvgIpc) is 2.77. The number of ether oxygens (including phenoxy) is 1. The lowest BCUT2D eigenvalue weighted by atomic mass is 10.1. The maximum atomic E-state index is 11.4. The lowest BCUT2D eigenvalue weighted by Gasteiger charge is -2.00. The number of allylic oxidation sites excluding steroid dienone is 1. The van der Waals surface area contributed by atoms with Crippen LogP contribution in [0, 0.1) is 28.6 Å². The molecule has 0 saturated heterocycles. The van der Waals surface area contributed by atoms with Crippen molar-refractivity contribution in [1.29, 1.82) is 5.26 Å². The van der Waals surface area contributed by atoms with E-state index in [9.17, 15) is 9.59 Å². The van der Waals surface area contributed by atoms with Crippen LogP contribution in [-0.4, -0.2) is 23.7 Å². The van der Waals surface area contributed by atoms with Crippen molar-refractivity contribution in [3.8, 4) is 6.07 Å². The van der Waals surface area contributed by atoms with Crippen LogP contribution in [0.4, 0.5) is 0 Å². The van der Waals surface area contributed by atoms with Gasteiger partial charge in [-0.2, -0.15) is 5.26 Å². The molecule has 1 fully saturated rings. The molecule has 0 aromatic rings. The van der Waals surface area contributed by atoms with E-state index in [0.717, 1.165) is 0 Å². The Hall–Kier alpha value is -1.83. The molecule has 5 heteroatoms. The number of nitriles is 1. The molecule has 1 saturated carbocycles. The fourth-order valence-electron chi connectivity index (χ4n) is 2.00. The molecule has 1 aliphatic carbocycles. The molecular formula is C12H15NO4. The number of carboxylic acid groups (broad SMARTS) is 1. The molecule has 17 heavy (non-hydrogen) atoms. The van der Waals surface area contributed by atoms with Crippen molar-refractivity contribution in [2.24, 2.45) is 17.3 Å². The number of nitrogens with zero attached hydrogens (tertiary/aromatic N) is 1. The van der Waals surface area contributed by atoms with Crippen molar-refractivity contribution in [1.82, 2.24) is 0 Å². The van der Waals surface area contributed by atoms with Gasteiger partial charge in [-0.05, 0) is 18.3 Å². The lowest BCUT2D eigenvalue weighted by Crippen LogP contribution is -2.07. The molecule has 0 amide bonds. The van der Waals surface area contributed by atoms with Gasteiger partial charge in [0.2, 0.25) is 0 Å². The van der Waals surface area contributed by atoms with Crippen molar-refractivity contribution in [3.05, 3.63) is 11.6 Å². The van der Waals surface area contributed by atoms with Crippen LogP contribution in [0.25, 0.3) is 0 Å². The van der Waals surface area contributed by atoms with Crippen LogP contribution < -0.4 is 0 Å². The van der Waals surface area contributed by atoms with Gasteiger partial charge in [0, 0.05) is 0 Å². The van der Waals surface area contributed by atoms with Gasteiger partial charge in [0.15, 0.2) is 0 Å². The fraction of sp³-hybridized carbons (Fsp3) is 0.583. The highest BCUT2D eigenvalue weighted by Crippen LogP contribution is 2.59. The number of rotatable bonds is 4. The molecule has 0 unspecified atom stereocenters. The highest BCUT2D eigenvalue weighted by Gasteiger charge is 2.61. The van der Waals surface area contributed by atoms with E-state index in [0.29, 0.717) is 0 Å². The molecule has 0 aromatic carbocycles. The predicted octanol–water partition coefficient (Wildman–Crippen LogP) is 1.36. The monoisotopic (exact) mass is 237 g/mol. The zero-order chi connectivity index (χ0) is 13.2. The summed E-state index contributed by atoms with van der Waals surface area (Å²) in [6.45, 7) is 5.43. The fourth-order valence-corrected chi connectivity index (χ4v) is 2.00. The molecule has 5 nitrogen and oxygen atoms in total. The number of carbonyl (C=O) groups is 2. The Labute approximate surface area is 99.7 Å². The summed E-state index contributed by atoms with van der Waals surface area (Å²) in [5, 5.41) is 17.8. The molecule has 0 aromatic heterocycles. The third-order valence-electron chi connectivity index (χ3n) is 3.14. The summed E-state index contributed by atoms with van der Waals surface area (Å²) < 4.78 is 4.71. The summed E-state index contributed by atoms with van der Waals surface area (Å²) in [4.78, 5) is 22.3. The van der Waals surface area contributed by atoms with E-state index in [2.05, 4.69) is 0 Å². The van der Waals surface area contributed by atoms with Crippen LogP contribution in [0.2, 0.25) is 0 Å². The minimum atomic E-state index is -0.905. The Balaban J connectivity index is 2.86. The van der Waals surface area contributed by atoms with Gasteiger partial charge in [0.1, 0.15) is 11.6 Å². The molecule has 0 heterocycles. The van der Waals surface area contributed by atoms with Gasteiger partial charge < -0.3 is 9.84 Å². The second-order valence-corrected chi connectivity index (χ2v) is 4.58.